The molecule has 11 nitrogen and oxygen atoms in total. The number of hydrogen-bond acceptors (Lipinski definition) is 6. The molecule has 0 aliphatic rings. The van der Waals surface area contributed by atoms with E-state index in [4.69, 9.17) is 4.74 Å². The number of benzene rings is 6. The minimum atomic E-state index is -1.11. The van der Waals surface area contributed by atoms with Crippen molar-refractivity contribution in [3.63, 3.8) is 0 Å². The van der Waals surface area contributed by atoms with Crippen molar-refractivity contribution in [1.82, 2.24) is 25.8 Å². The maximum atomic E-state index is 14.6. The molecule has 0 radical (unpaired) electrons. The van der Waals surface area contributed by atoms with Gasteiger partial charge >= 0.3 is 6.09 Å². The van der Waals surface area contributed by atoms with Crippen LogP contribution in [0.2, 0.25) is 0 Å². The Morgan fingerprint density at radius 2 is 1.10 bits per heavy atom. The van der Waals surface area contributed by atoms with Crippen LogP contribution in [0.4, 0.5) is 4.79 Å². The molecule has 0 aliphatic carbocycles. The molecule has 3 atom stereocenters. The summed E-state index contributed by atoms with van der Waals surface area (Å²) in [6, 6.07) is 54.2. The van der Waals surface area contributed by atoms with Crippen molar-refractivity contribution in [2.24, 2.45) is 5.92 Å². The Hall–Kier alpha value is -8.05. The van der Waals surface area contributed by atoms with Crippen LogP contribution >= 0.6 is 0 Å². The van der Waals surface area contributed by atoms with E-state index in [0.29, 0.717) is 0 Å². The Morgan fingerprint density at radius 1 is 0.588 bits per heavy atom. The van der Waals surface area contributed by atoms with E-state index < -0.39 is 41.6 Å². The first-order valence-corrected chi connectivity index (χ1v) is 23.0. The monoisotopic (exact) mass is 907 g/mol. The van der Waals surface area contributed by atoms with Gasteiger partial charge in [-0.05, 0) is 58.7 Å². The zero-order valence-electron chi connectivity index (χ0n) is 38.3. The Kier molecular flexibility index (Phi) is 16.5. The lowest BCUT2D eigenvalue weighted by Gasteiger charge is -2.37. The van der Waals surface area contributed by atoms with Gasteiger partial charge in [-0.3, -0.25) is 23.7 Å². The zero-order valence-corrected chi connectivity index (χ0v) is 38.3. The predicted octanol–water partition coefficient (Wildman–Crippen LogP) is 9.28. The van der Waals surface area contributed by atoms with E-state index in [2.05, 4.69) is 21.3 Å². The summed E-state index contributed by atoms with van der Waals surface area (Å²) in [6.07, 6.45) is 4.35. The van der Waals surface area contributed by atoms with Gasteiger partial charge in [0, 0.05) is 36.5 Å². The molecule has 68 heavy (non-hydrogen) atoms. The Bertz CT molecular complexity index is 2680. The molecule has 0 spiro atoms. The summed E-state index contributed by atoms with van der Waals surface area (Å²) in [4.78, 5) is 70.1. The summed E-state index contributed by atoms with van der Waals surface area (Å²) in [7, 11) is 0. The van der Waals surface area contributed by atoms with Crippen LogP contribution in [-0.2, 0) is 37.7 Å². The van der Waals surface area contributed by atoms with Crippen LogP contribution in [0.5, 0.6) is 0 Å². The number of nitrogens with one attached hydrogen (secondary N) is 4. The average Bonchev–Trinajstić information content (AvgIpc) is 3.81. The Morgan fingerprint density at radius 3 is 1.68 bits per heavy atom. The van der Waals surface area contributed by atoms with Gasteiger partial charge in [0.2, 0.25) is 17.7 Å². The van der Waals surface area contributed by atoms with Gasteiger partial charge < -0.3 is 26.0 Å². The molecule has 7 rings (SSSR count). The van der Waals surface area contributed by atoms with Crippen molar-refractivity contribution < 1.29 is 28.7 Å². The molecule has 0 saturated heterocycles. The SMILES string of the molecule is CC(C)C[C@H](NC(=O)OCc1ccccc1)C(=O)N[C@@H](Cc1ccccc1)C(=O)N[C@H](/C=C/C(=O)n1ccc2ccccc21)CCC(=O)NC(c1ccccc1)(c1ccccc1)c1ccccc1. The third-order valence-corrected chi connectivity index (χ3v) is 11.7. The second-order valence-electron chi connectivity index (χ2n) is 17.1. The van der Waals surface area contributed by atoms with Gasteiger partial charge in [-0.25, -0.2) is 4.79 Å². The van der Waals surface area contributed by atoms with Gasteiger partial charge in [0.1, 0.15) is 24.2 Å². The number of carbonyl (C=O) groups excluding carboxylic acids is 5. The first-order chi connectivity index (χ1) is 33.1. The van der Waals surface area contributed by atoms with E-state index in [1.807, 2.05) is 196 Å². The molecule has 11 heteroatoms. The van der Waals surface area contributed by atoms with E-state index in [9.17, 15) is 24.0 Å². The molecular weight excluding hydrogens is 851 g/mol. The van der Waals surface area contributed by atoms with Crippen molar-refractivity contribution in [2.45, 2.75) is 69.8 Å². The lowest BCUT2D eigenvalue weighted by Crippen LogP contribution is -2.55. The van der Waals surface area contributed by atoms with Crippen molar-refractivity contribution in [1.29, 1.82) is 0 Å². The molecule has 4 N–H and O–H groups in total. The highest BCUT2D eigenvalue weighted by molar-refractivity contribution is 5.98. The fraction of sp³-hybridized carbons (Fsp3) is 0.211. The molecule has 0 aliphatic heterocycles. The lowest BCUT2D eigenvalue weighted by atomic mass is 9.77. The third kappa shape index (κ3) is 12.6. The van der Waals surface area contributed by atoms with E-state index in [0.717, 1.165) is 38.7 Å². The van der Waals surface area contributed by atoms with E-state index in [-0.39, 0.29) is 50.0 Å². The number of para-hydroxylation sites is 1. The summed E-state index contributed by atoms with van der Waals surface area (Å²) < 4.78 is 6.98. The number of hydrogen-bond donors (Lipinski definition) is 4. The molecule has 1 aromatic heterocycles. The highest BCUT2D eigenvalue weighted by atomic mass is 16.5. The molecule has 0 fully saturated rings. The van der Waals surface area contributed by atoms with Crippen LogP contribution in [0.1, 0.15) is 65.7 Å². The number of allylic oxidation sites excluding steroid dienone is 1. The second-order valence-corrected chi connectivity index (χ2v) is 17.1. The van der Waals surface area contributed by atoms with Crippen LogP contribution in [0.25, 0.3) is 10.9 Å². The summed E-state index contributed by atoms with van der Waals surface area (Å²) in [5, 5.41) is 13.0. The molecule has 1 heterocycles. The molecular formula is C57H57N5O6. The van der Waals surface area contributed by atoms with Gasteiger partial charge in [0.15, 0.2) is 0 Å². The van der Waals surface area contributed by atoms with E-state index in [1.54, 1.807) is 12.3 Å². The summed E-state index contributed by atoms with van der Waals surface area (Å²) in [5.41, 5.74) is 3.79. The van der Waals surface area contributed by atoms with Crippen molar-refractivity contribution >= 4 is 40.6 Å². The zero-order chi connectivity index (χ0) is 47.7. The van der Waals surface area contributed by atoms with Gasteiger partial charge in [0.05, 0.1) is 5.52 Å². The average molecular weight is 908 g/mol. The summed E-state index contributed by atoms with van der Waals surface area (Å²) >= 11 is 0. The Balaban J connectivity index is 1.15. The van der Waals surface area contributed by atoms with Gasteiger partial charge in [-0.15, -0.1) is 0 Å². The van der Waals surface area contributed by atoms with Gasteiger partial charge in [0.25, 0.3) is 5.91 Å². The number of alkyl carbamates (subject to hydrolysis) is 1. The number of amides is 4. The van der Waals surface area contributed by atoms with Crippen molar-refractivity contribution in [3.05, 3.63) is 228 Å². The molecule has 0 bridgehead atoms. The fourth-order valence-corrected chi connectivity index (χ4v) is 8.33. The highest BCUT2D eigenvalue weighted by Gasteiger charge is 2.38. The number of carbonyl (C=O) groups is 5. The quantitative estimate of drug-likeness (QED) is 0.0443. The standard InChI is InChI=1S/C57H57N5O6/c1-41(2)38-49(60-56(67)68-40-43-22-10-4-11-23-43)55(66)59-50(39-42-20-8-3-9-21-42)54(65)58-48(33-35-53(64)62-37-36-44-24-18-19-31-51(44)62)32-34-52(63)61-57(45-25-12-5-13-26-45,46-27-14-6-15-28-46)47-29-16-7-17-30-47/h3-31,33,35-37,41,48-50H,32,34,38-40H2,1-2H3,(H,58,65)(H,59,66)(H,60,67)(H,61,63)/b35-33+/t48-,49-,50-/m0/s1. The first kappa shape index (κ1) is 47.9. The van der Waals surface area contributed by atoms with Crippen molar-refractivity contribution in [3.8, 4) is 0 Å². The van der Waals surface area contributed by atoms with Gasteiger partial charge in [-0.2, -0.15) is 0 Å². The number of rotatable bonds is 20. The molecule has 346 valence electrons. The topological polar surface area (TPSA) is 148 Å². The van der Waals surface area contributed by atoms with Crippen LogP contribution in [0.3, 0.4) is 0 Å². The number of aromatic nitrogens is 1. The highest BCUT2D eigenvalue weighted by Crippen LogP contribution is 2.37. The molecule has 4 amide bonds. The molecule has 6 aromatic carbocycles. The van der Waals surface area contributed by atoms with E-state index >= 15 is 0 Å². The van der Waals surface area contributed by atoms with Crippen molar-refractivity contribution in [2.75, 3.05) is 0 Å². The predicted molar refractivity (Wildman–Crippen MR) is 265 cm³/mol. The minimum Gasteiger partial charge on any atom is -0.445 e. The summed E-state index contributed by atoms with van der Waals surface area (Å²) in [5.74, 6) is -1.75. The second kappa shape index (κ2) is 23.4. The van der Waals surface area contributed by atoms with Gasteiger partial charge in [-0.1, -0.05) is 190 Å². The lowest BCUT2D eigenvalue weighted by molar-refractivity contribution is -0.130. The van der Waals surface area contributed by atoms with Crippen LogP contribution in [0.15, 0.2) is 200 Å². The summed E-state index contributed by atoms with van der Waals surface area (Å²) in [6.45, 7) is 3.88. The minimum absolute atomic E-state index is 0.00148. The number of ether oxygens (including phenoxy) is 1. The van der Waals surface area contributed by atoms with E-state index in [1.165, 1.54) is 10.6 Å². The maximum Gasteiger partial charge on any atom is 0.408 e. The van der Waals surface area contributed by atoms with Crippen LogP contribution < -0.4 is 21.3 Å². The third-order valence-electron chi connectivity index (χ3n) is 11.7. The number of nitrogens with zero attached hydrogens (tertiary/aromatic N) is 1. The molecule has 0 unspecified atom stereocenters. The van der Waals surface area contributed by atoms with Crippen LogP contribution in [-0.4, -0.2) is 52.4 Å². The smallest absolute Gasteiger partial charge is 0.408 e. The Labute approximate surface area is 397 Å². The first-order valence-electron chi connectivity index (χ1n) is 23.0. The van der Waals surface area contributed by atoms with Crippen LogP contribution in [0, 0.1) is 5.92 Å². The number of fused-ring (bicyclic) bond motifs is 1. The molecule has 0 saturated carbocycles. The fourth-order valence-electron chi connectivity index (χ4n) is 8.33. The maximum absolute atomic E-state index is 14.6. The normalized spacial score (nSPS) is 12.8. The molecule has 7 aromatic rings. The largest absolute Gasteiger partial charge is 0.445 e.